The number of hydrogen-bond acceptors (Lipinski definition) is 3. The van der Waals surface area contributed by atoms with E-state index in [9.17, 15) is 9.59 Å². The number of benzene rings is 1. The van der Waals surface area contributed by atoms with E-state index in [1.54, 1.807) is 18.0 Å². The van der Waals surface area contributed by atoms with Crippen molar-refractivity contribution in [3.63, 3.8) is 0 Å². The summed E-state index contributed by atoms with van der Waals surface area (Å²) in [4.78, 5) is 25.8. The summed E-state index contributed by atoms with van der Waals surface area (Å²) in [6, 6.07) is 6.79. The van der Waals surface area contributed by atoms with Crippen LogP contribution in [0.2, 0.25) is 0 Å². The van der Waals surface area contributed by atoms with Gasteiger partial charge in [0, 0.05) is 22.7 Å². The van der Waals surface area contributed by atoms with Gasteiger partial charge in [-0.05, 0) is 40.8 Å². The second-order valence-corrected chi connectivity index (χ2v) is 5.46. The molecule has 1 aliphatic heterocycles. The molecule has 1 unspecified atom stereocenters. The van der Waals surface area contributed by atoms with Gasteiger partial charge in [0.25, 0.3) is 5.91 Å². The Hall–Kier alpha value is -1.15. The zero-order valence-corrected chi connectivity index (χ0v) is 12.7. The van der Waals surface area contributed by atoms with Gasteiger partial charge in [0.1, 0.15) is 6.04 Å². The van der Waals surface area contributed by atoms with E-state index in [4.69, 9.17) is 4.74 Å². The lowest BCUT2D eigenvalue weighted by Gasteiger charge is -2.34. The lowest BCUT2D eigenvalue weighted by Crippen LogP contribution is -2.55. The molecule has 1 aromatic rings. The molecule has 1 aromatic carbocycles. The van der Waals surface area contributed by atoms with E-state index in [0.29, 0.717) is 18.7 Å². The van der Waals surface area contributed by atoms with Crippen molar-refractivity contribution in [3.8, 4) is 0 Å². The number of hydrogen-bond donors (Lipinski definition) is 1. The van der Waals surface area contributed by atoms with Crippen LogP contribution in [0, 0.1) is 3.57 Å². The Balaban J connectivity index is 2.22. The molecule has 0 radical (unpaired) electrons. The van der Waals surface area contributed by atoms with Crippen molar-refractivity contribution in [2.45, 2.75) is 6.04 Å². The number of rotatable bonds is 2. The molecule has 0 spiro atoms. The molecule has 5 nitrogen and oxygen atoms in total. The van der Waals surface area contributed by atoms with Gasteiger partial charge in [-0.25, -0.2) is 0 Å². The maximum absolute atomic E-state index is 12.5. The van der Waals surface area contributed by atoms with Gasteiger partial charge in [0.15, 0.2) is 0 Å². The zero-order chi connectivity index (χ0) is 13.8. The van der Waals surface area contributed by atoms with Crippen LogP contribution in [0.5, 0.6) is 0 Å². The van der Waals surface area contributed by atoms with Crippen LogP contribution < -0.4 is 5.32 Å². The summed E-state index contributed by atoms with van der Waals surface area (Å²) in [5, 5.41) is 2.57. The molecule has 102 valence electrons. The van der Waals surface area contributed by atoms with Gasteiger partial charge >= 0.3 is 0 Å². The van der Waals surface area contributed by atoms with Gasteiger partial charge in [-0.1, -0.05) is 6.07 Å². The molecule has 1 heterocycles. The number of carbonyl (C=O) groups is 2. The third kappa shape index (κ3) is 3.24. The molecule has 1 atom stereocenters. The minimum absolute atomic E-state index is 0.129. The van der Waals surface area contributed by atoms with E-state index in [1.165, 1.54) is 0 Å². The number of ether oxygens (including phenoxy) is 1. The molecule has 0 aromatic heterocycles. The minimum atomic E-state index is -0.552. The Bertz CT molecular complexity index is 493. The van der Waals surface area contributed by atoms with Crippen molar-refractivity contribution in [2.75, 3.05) is 26.8 Å². The first-order valence-corrected chi connectivity index (χ1v) is 7.07. The summed E-state index contributed by atoms with van der Waals surface area (Å²) in [5.74, 6) is -0.325. The number of amides is 2. The van der Waals surface area contributed by atoms with Crippen LogP contribution in [0.4, 0.5) is 0 Å². The highest BCUT2D eigenvalue weighted by Crippen LogP contribution is 2.15. The van der Waals surface area contributed by atoms with E-state index in [2.05, 4.69) is 27.9 Å². The van der Waals surface area contributed by atoms with Gasteiger partial charge in [-0.15, -0.1) is 0 Å². The molecule has 0 aliphatic carbocycles. The van der Waals surface area contributed by atoms with E-state index < -0.39 is 6.04 Å². The van der Waals surface area contributed by atoms with Crippen molar-refractivity contribution in [1.82, 2.24) is 10.2 Å². The maximum Gasteiger partial charge on any atom is 0.254 e. The van der Waals surface area contributed by atoms with Crippen LogP contribution in [0.25, 0.3) is 0 Å². The van der Waals surface area contributed by atoms with Crippen LogP contribution in [-0.2, 0) is 9.53 Å². The SMILES string of the molecule is CNC(=O)C1COCCN1C(=O)c1cccc(I)c1. The average molecular weight is 374 g/mol. The fourth-order valence-corrected chi connectivity index (χ4v) is 2.56. The van der Waals surface area contributed by atoms with Gasteiger partial charge in [-0.3, -0.25) is 9.59 Å². The van der Waals surface area contributed by atoms with E-state index in [-0.39, 0.29) is 18.4 Å². The standard InChI is InChI=1S/C13H15IN2O3/c1-15-12(17)11-8-19-6-5-16(11)13(18)9-3-2-4-10(14)7-9/h2-4,7,11H,5-6,8H2,1H3,(H,15,17). The summed E-state index contributed by atoms with van der Waals surface area (Å²) >= 11 is 2.16. The average Bonchev–Trinajstić information content (AvgIpc) is 2.45. The molecule has 1 aliphatic rings. The topological polar surface area (TPSA) is 58.6 Å². The predicted octanol–water partition coefficient (Wildman–Crippen LogP) is 0.878. The van der Waals surface area contributed by atoms with Gasteiger partial charge < -0.3 is 15.0 Å². The van der Waals surface area contributed by atoms with Crippen molar-refractivity contribution in [3.05, 3.63) is 33.4 Å². The van der Waals surface area contributed by atoms with Gasteiger partial charge in [0.05, 0.1) is 13.2 Å². The number of nitrogens with zero attached hydrogens (tertiary/aromatic N) is 1. The van der Waals surface area contributed by atoms with Crippen molar-refractivity contribution >= 4 is 34.4 Å². The normalized spacial score (nSPS) is 19.1. The van der Waals surface area contributed by atoms with Crippen LogP contribution in [0.1, 0.15) is 10.4 Å². The van der Waals surface area contributed by atoms with Gasteiger partial charge in [0.2, 0.25) is 5.91 Å². The maximum atomic E-state index is 12.5. The molecular formula is C13H15IN2O3. The summed E-state index contributed by atoms with van der Waals surface area (Å²) < 4.78 is 6.28. The first kappa shape index (κ1) is 14.3. The summed E-state index contributed by atoms with van der Waals surface area (Å²) in [6.45, 7) is 1.14. The first-order chi connectivity index (χ1) is 9.13. The lowest BCUT2D eigenvalue weighted by atomic mass is 10.1. The molecule has 2 amide bonds. The molecule has 6 heteroatoms. The second-order valence-electron chi connectivity index (χ2n) is 4.21. The summed E-state index contributed by atoms with van der Waals surface area (Å²) in [5.41, 5.74) is 0.600. The largest absolute Gasteiger partial charge is 0.377 e. The van der Waals surface area contributed by atoms with Crippen LogP contribution >= 0.6 is 22.6 Å². The van der Waals surface area contributed by atoms with E-state index in [0.717, 1.165) is 3.57 Å². The van der Waals surface area contributed by atoms with Crippen molar-refractivity contribution in [1.29, 1.82) is 0 Å². The Labute approximate surface area is 125 Å². The molecule has 1 fully saturated rings. The fourth-order valence-electron chi connectivity index (χ4n) is 2.02. The number of likely N-dealkylation sites (N-methyl/N-ethyl adjacent to an activating group) is 1. The van der Waals surface area contributed by atoms with Crippen molar-refractivity contribution < 1.29 is 14.3 Å². The third-order valence-electron chi connectivity index (χ3n) is 3.01. The number of morpholine rings is 1. The van der Waals surface area contributed by atoms with Crippen LogP contribution in [0.15, 0.2) is 24.3 Å². The Morgan fingerprint density at radius 3 is 2.95 bits per heavy atom. The van der Waals surface area contributed by atoms with Crippen molar-refractivity contribution in [2.24, 2.45) is 0 Å². The molecule has 1 N–H and O–H groups in total. The Kier molecular flexibility index (Phi) is 4.76. The van der Waals surface area contributed by atoms with Crippen LogP contribution in [0.3, 0.4) is 0 Å². The first-order valence-electron chi connectivity index (χ1n) is 5.99. The lowest BCUT2D eigenvalue weighted by molar-refractivity contribution is -0.130. The summed E-state index contributed by atoms with van der Waals surface area (Å²) in [6.07, 6.45) is 0. The van der Waals surface area contributed by atoms with E-state index in [1.807, 2.05) is 18.2 Å². The molecule has 2 rings (SSSR count). The monoisotopic (exact) mass is 374 g/mol. The highest BCUT2D eigenvalue weighted by molar-refractivity contribution is 14.1. The predicted molar refractivity (Wildman–Crippen MR) is 78.9 cm³/mol. The molecule has 1 saturated heterocycles. The smallest absolute Gasteiger partial charge is 0.254 e. The number of halogens is 1. The quantitative estimate of drug-likeness (QED) is 0.782. The second kappa shape index (κ2) is 6.33. The molecule has 19 heavy (non-hydrogen) atoms. The Morgan fingerprint density at radius 2 is 2.26 bits per heavy atom. The number of nitrogens with one attached hydrogen (secondary N) is 1. The highest BCUT2D eigenvalue weighted by atomic mass is 127. The molecule has 0 saturated carbocycles. The van der Waals surface area contributed by atoms with Crippen LogP contribution in [-0.4, -0.2) is 49.6 Å². The minimum Gasteiger partial charge on any atom is -0.377 e. The van der Waals surface area contributed by atoms with Gasteiger partial charge in [-0.2, -0.15) is 0 Å². The third-order valence-corrected chi connectivity index (χ3v) is 3.68. The number of carbonyl (C=O) groups excluding carboxylic acids is 2. The highest BCUT2D eigenvalue weighted by Gasteiger charge is 2.32. The zero-order valence-electron chi connectivity index (χ0n) is 10.6. The Morgan fingerprint density at radius 1 is 1.47 bits per heavy atom. The molecular weight excluding hydrogens is 359 g/mol. The molecule has 0 bridgehead atoms. The summed E-state index contributed by atoms with van der Waals surface area (Å²) in [7, 11) is 1.56. The van der Waals surface area contributed by atoms with E-state index >= 15 is 0 Å². The fraction of sp³-hybridized carbons (Fsp3) is 0.385.